The second-order valence-electron chi connectivity index (χ2n) is 2.50. The van der Waals surface area contributed by atoms with E-state index in [0.29, 0.717) is 5.75 Å². The number of hydrogen-bond acceptors (Lipinski definition) is 4. The Morgan fingerprint density at radius 3 is 2.80 bits per heavy atom. The Morgan fingerprint density at radius 2 is 2.13 bits per heavy atom. The molecule has 0 unspecified atom stereocenters. The molecule has 0 radical (unpaired) electrons. The lowest BCUT2D eigenvalue weighted by Crippen LogP contribution is -2.13. The maximum absolute atomic E-state index is 11.1. The molecule has 4 nitrogen and oxygen atoms in total. The minimum absolute atomic E-state index is 0.234. The van der Waals surface area contributed by atoms with Crippen molar-refractivity contribution >= 4 is 23.8 Å². The van der Waals surface area contributed by atoms with Gasteiger partial charge in [0.15, 0.2) is 0 Å². The van der Waals surface area contributed by atoms with E-state index in [0.717, 1.165) is 0 Å². The van der Waals surface area contributed by atoms with Crippen molar-refractivity contribution in [2.75, 3.05) is 12.5 Å². The number of alkyl halides is 1. The van der Waals surface area contributed by atoms with Gasteiger partial charge in [0.25, 0.3) is 0 Å². The third-order valence-electron chi connectivity index (χ3n) is 1.38. The van der Waals surface area contributed by atoms with Crippen LogP contribution in [0.5, 0.6) is 5.75 Å². The minimum atomic E-state index is -0.507. The standard InChI is InChI=1S/C10H10ClNO3/c11-6-7-12-14-8-10(13)15-9-4-2-1-3-5-9/h1-5,7H,6,8H2/b12-7+. The van der Waals surface area contributed by atoms with E-state index in [1.54, 1.807) is 24.3 Å². The fraction of sp³-hybridized carbons (Fsp3) is 0.200. The van der Waals surface area contributed by atoms with Gasteiger partial charge < -0.3 is 9.57 Å². The molecule has 5 heteroatoms. The van der Waals surface area contributed by atoms with Gasteiger partial charge >= 0.3 is 5.97 Å². The Kier molecular flexibility index (Phi) is 5.25. The van der Waals surface area contributed by atoms with Crippen molar-refractivity contribution in [2.45, 2.75) is 0 Å². The molecule has 0 saturated carbocycles. The van der Waals surface area contributed by atoms with Crippen molar-refractivity contribution < 1.29 is 14.4 Å². The van der Waals surface area contributed by atoms with Crippen LogP contribution in [-0.4, -0.2) is 24.7 Å². The quantitative estimate of drug-likeness (QED) is 0.254. The smallest absolute Gasteiger partial charge is 0.352 e. The zero-order chi connectivity index (χ0) is 10.9. The van der Waals surface area contributed by atoms with Gasteiger partial charge in [-0.15, -0.1) is 11.6 Å². The van der Waals surface area contributed by atoms with E-state index in [4.69, 9.17) is 16.3 Å². The highest BCUT2D eigenvalue weighted by Crippen LogP contribution is 2.08. The Hall–Kier alpha value is -1.55. The average molecular weight is 228 g/mol. The van der Waals surface area contributed by atoms with E-state index in [1.165, 1.54) is 6.21 Å². The second kappa shape index (κ2) is 6.84. The summed E-state index contributed by atoms with van der Waals surface area (Å²) in [4.78, 5) is 15.7. The number of carbonyl (C=O) groups excluding carboxylic acids is 1. The van der Waals surface area contributed by atoms with Gasteiger partial charge in [-0.2, -0.15) is 0 Å². The molecule has 1 aromatic carbocycles. The summed E-state index contributed by atoms with van der Waals surface area (Å²) in [7, 11) is 0. The first kappa shape index (κ1) is 11.5. The fourth-order valence-corrected chi connectivity index (χ4v) is 0.877. The van der Waals surface area contributed by atoms with Crippen LogP contribution in [0, 0.1) is 0 Å². The molecular formula is C10H10ClNO3. The number of benzene rings is 1. The summed E-state index contributed by atoms with van der Waals surface area (Å²) in [5.74, 6) is 0.216. The van der Waals surface area contributed by atoms with Gasteiger partial charge in [0.2, 0.25) is 6.61 Å². The minimum Gasteiger partial charge on any atom is -0.424 e. The van der Waals surface area contributed by atoms with Gasteiger partial charge in [-0.25, -0.2) is 4.79 Å². The summed E-state index contributed by atoms with van der Waals surface area (Å²) in [5, 5.41) is 3.41. The summed E-state index contributed by atoms with van der Waals surface area (Å²) in [6.07, 6.45) is 1.34. The zero-order valence-corrected chi connectivity index (χ0v) is 8.68. The van der Waals surface area contributed by atoms with Crippen molar-refractivity contribution in [1.82, 2.24) is 0 Å². The maximum atomic E-state index is 11.1. The maximum Gasteiger partial charge on any atom is 0.352 e. The molecular weight excluding hydrogens is 218 g/mol. The number of esters is 1. The number of halogens is 1. The lowest BCUT2D eigenvalue weighted by molar-refractivity contribution is -0.139. The first-order chi connectivity index (χ1) is 7.33. The zero-order valence-electron chi connectivity index (χ0n) is 7.93. The van der Waals surface area contributed by atoms with Crippen molar-refractivity contribution in [3.05, 3.63) is 30.3 Å². The summed E-state index contributed by atoms with van der Waals surface area (Å²) in [6, 6.07) is 8.74. The highest BCUT2D eigenvalue weighted by Gasteiger charge is 2.03. The Bertz CT molecular complexity index is 327. The van der Waals surface area contributed by atoms with Gasteiger partial charge in [-0.3, -0.25) is 0 Å². The molecule has 0 amide bonds. The van der Waals surface area contributed by atoms with Crippen molar-refractivity contribution in [1.29, 1.82) is 0 Å². The molecule has 0 N–H and O–H groups in total. The van der Waals surface area contributed by atoms with Crippen LogP contribution in [0.1, 0.15) is 0 Å². The summed E-state index contributed by atoms with van der Waals surface area (Å²) >= 11 is 5.30. The lowest BCUT2D eigenvalue weighted by atomic mass is 10.3. The molecule has 0 aliphatic heterocycles. The molecule has 0 spiro atoms. The molecule has 0 aromatic heterocycles. The number of nitrogens with zero attached hydrogens (tertiary/aromatic N) is 1. The molecule has 0 atom stereocenters. The number of oxime groups is 1. The molecule has 15 heavy (non-hydrogen) atoms. The van der Waals surface area contributed by atoms with Crippen LogP contribution < -0.4 is 4.74 Å². The normalized spacial score (nSPS) is 10.2. The van der Waals surface area contributed by atoms with E-state index in [2.05, 4.69) is 9.99 Å². The summed E-state index contributed by atoms with van der Waals surface area (Å²) in [6.45, 7) is -0.234. The van der Waals surface area contributed by atoms with E-state index in [9.17, 15) is 4.79 Å². The summed E-state index contributed by atoms with van der Waals surface area (Å²) in [5.41, 5.74) is 0. The number of para-hydroxylation sites is 1. The number of carbonyl (C=O) groups is 1. The third kappa shape index (κ3) is 5.02. The first-order valence-electron chi connectivity index (χ1n) is 4.28. The highest BCUT2D eigenvalue weighted by molar-refractivity contribution is 6.24. The van der Waals surface area contributed by atoms with Crippen LogP contribution in [-0.2, 0) is 9.63 Å². The molecule has 0 aliphatic carbocycles. The van der Waals surface area contributed by atoms with Gasteiger partial charge in [0.05, 0.1) is 12.1 Å². The SMILES string of the molecule is O=C(CO/N=C/CCl)Oc1ccccc1. The Morgan fingerprint density at radius 1 is 1.40 bits per heavy atom. The molecule has 1 rings (SSSR count). The molecule has 1 aromatic rings. The van der Waals surface area contributed by atoms with Crippen LogP contribution in [0.4, 0.5) is 0 Å². The van der Waals surface area contributed by atoms with E-state index in [1.807, 2.05) is 6.07 Å². The third-order valence-corrected chi connectivity index (χ3v) is 1.51. The molecule has 80 valence electrons. The fourth-order valence-electron chi connectivity index (χ4n) is 0.820. The highest BCUT2D eigenvalue weighted by atomic mass is 35.5. The van der Waals surface area contributed by atoms with Gasteiger partial charge in [-0.1, -0.05) is 23.4 Å². The van der Waals surface area contributed by atoms with Gasteiger partial charge in [-0.05, 0) is 12.1 Å². The molecule has 0 fully saturated rings. The van der Waals surface area contributed by atoms with Gasteiger partial charge in [0.1, 0.15) is 5.75 Å². The molecule has 0 aliphatic rings. The predicted octanol–water partition coefficient (Wildman–Crippen LogP) is 1.83. The largest absolute Gasteiger partial charge is 0.424 e. The molecule has 0 bridgehead atoms. The van der Waals surface area contributed by atoms with Crippen LogP contribution in [0.25, 0.3) is 0 Å². The van der Waals surface area contributed by atoms with Crippen molar-refractivity contribution in [2.24, 2.45) is 5.16 Å². The van der Waals surface area contributed by atoms with Crippen LogP contribution in [0.2, 0.25) is 0 Å². The van der Waals surface area contributed by atoms with Crippen molar-refractivity contribution in [3.63, 3.8) is 0 Å². The Balaban J connectivity index is 2.28. The number of hydrogen-bond donors (Lipinski definition) is 0. The van der Waals surface area contributed by atoms with E-state index in [-0.39, 0.29) is 12.5 Å². The first-order valence-corrected chi connectivity index (χ1v) is 4.82. The number of ether oxygens (including phenoxy) is 1. The monoisotopic (exact) mass is 227 g/mol. The van der Waals surface area contributed by atoms with Gasteiger partial charge in [0, 0.05) is 0 Å². The van der Waals surface area contributed by atoms with Crippen LogP contribution >= 0.6 is 11.6 Å². The summed E-state index contributed by atoms with van der Waals surface area (Å²) < 4.78 is 4.92. The average Bonchev–Trinajstić information content (AvgIpc) is 2.26. The van der Waals surface area contributed by atoms with Crippen molar-refractivity contribution in [3.8, 4) is 5.75 Å². The van der Waals surface area contributed by atoms with Crippen LogP contribution in [0.15, 0.2) is 35.5 Å². The molecule has 0 heterocycles. The topological polar surface area (TPSA) is 47.9 Å². The second-order valence-corrected chi connectivity index (χ2v) is 2.81. The Labute approximate surface area is 92.4 Å². The number of rotatable bonds is 5. The lowest BCUT2D eigenvalue weighted by Gasteiger charge is -2.02. The molecule has 0 saturated heterocycles. The van der Waals surface area contributed by atoms with E-state index < -0.39 is 5.97 Å². The van der Waals surface area contributed by atoms with E-state index >= 15 is 0 Å². The van der Waals surface area contributed by atoms with Crippen LogP contribution in [0.3, 0.4) is 0 Å². The predicted molar refractivity (Wildman–Crippen MR) is 57.2 cm³/mol.